The van der Waals surface area contributed by atoms with Crippen molar-refractivity contribution in [2.75, 3.05) is 0 Å². The van der Waals surface area contributed by atoms with Crippen molar-refractivity contribution >= 4 is 5.69 Å². The molecule has 0 saturated carbocycles. The molecule has 1 rings (SSSR count). The summed E-state index contributed by atoms with van der Waals surface area (Å²) in [5, 5.41) is 11.1. The first-order valence-electron chi connectivity index (χ1n) is 5.85. The minimum absolute atomic E-state index is 0.0102. The molecule has 0 heterocycles. The number of hydrogen-bond donors (Lipinski definition) is 1. The van der Waals surface area contributed by atoms with Crippen LogP contribution < -0.4 is 5.73 Å². The third-order valence-electron chi connectivity index (χ3n) is 3.03. The van der Waals surface area contributed by atoms with Crippen molar-refractivity contribution in [2.24, 2.45) is 11.7 Å². The summed E-state index contributed by atoms with van der Waals surface area (Å²) < 4.78 is 0. The van der Waals surface area contributed by atoms with Crippen LogP contribution in [-0.4, -0.2) is 11.0 Å². The van der Waals surface area contributed by atoms with Gasteiger partial charge in [0.2, 0.25) is 0 Å². The average Bonchev–Trinajstić information content (AvgIpc) is 2.19. The van der Waals surface area contributed by atoms with E-state index in [1.54, 1.807) is 6.07 Å². The first-order valence-corrected chi connectivity index (χ1v) is 5.85. The van der Waals surface area contributed by atoms with E-state index in [0.29, 0.717) is 0 Å². The zero-order valence-corrected chi connectivity index (χ0v) is 10.8. The molecule has 2 N–H and O–H groups in total. The van der Waals surface area contributed by atoms with E-state index in [2.05, 4.69) is 0 Å². The quantitative estimate of drug-likeness (QED) is 0.645. The van der Waals surface area contributed by atoms with E-state index in [9.17, 15) is 10.1 Å². The fourth-order valence-corrected chi connectivity index (χ4v) is 2.34. The summed E-state index contributed by atoms with van der Waals surface area (Å²) in [7, 11) is 0. The Morgan fingerprint density at radius 3 is 2.29 bits per heavy atom. The van der Waals surface area contributed by atoms with Gasteiger partial charge in [-0.25, -0.2) is 0 Å². The van der Waals surface area contributed by atoms with Crippen LogP contribution in [0, 0.1) is 23.0 Å². The van der Waals surface area contributed by atoms with E-state index >= 15 is 0 Å². The fraction of sp³-hybridized carbons (Fsp3) is 0.538. The molecule has 0 aliphatic rings. The highest BCUT2D eigenvalue weighted by atomic mass is 16.6. The Morgan fingerprint density at radius 2 is 1.88 bits per heavy atom. The Bertz CT molecular complexity index is 406. The minimum atomic E-state index is -0.319. The largest absolute Gasteiger partial charge is 0.327 e. The zero-order chi connectivity index (χ0) is 13.2. The lowest BCUT2D eigenvalue weighted by Gasteiger charge is -2.25. The van der Waals surface area contributed by atoms with Crippen molar-refractivity contribution in [3.63, 3.8) is 0 Å². The summed E-state index contributed by atoms with van der Waals surface area (Å²) in [5.41, 5.74) is 7.77. The van der Waals surface area contributed by atoms with Crippen molar-refractivity contribution in [2.45, 2.75) is 39.7 Å². The molecule has 0 radical (unpaired) electrons. The predicted octanol–water partition coefficient (Wildman–Crippen LogP) is 2.99. The molecule has 4 nitrogen and oxygen atoms in total. The van der Waals surface area contributed by atoms with E-state index in [4.69, 9.17) is 5.73 Å². The molecule has 0 spiro atoms. The maximum absolute atomic E-state index is 11.1. The highest BCUT2D eigenvalue weighted by Crippen LogP contribution is 2.34. The standard InChI is InChI=1S/C13H20N2O2/c1-8(2)13(10(4)14)11-6-5-9(3)7-12(11)15(16)17/h5-8,10,13H,14H2,1-4H3. The van der Waals surface area contributed by atoms with Crippen molar-refractivity contribution < 1.29 is 4.92 Å². The lowest BCUT2D eigenvalue weighted by Crippen LogP contribution is -2.29. The van der Waals surface area contributed by atoms with Crippen LogP contribution in [0.5, 0.6) is 0 Å². The van der Waals surface area contributed by atoms with Gasteiger partial charge in [-0.1, -0.05) is 26.0 Å². The smallest absolute Gasteiger partial charge is 0.273 e. The molecule has 0 amide bonds. The zero-order valence-electron chi connectivity index (χ0n) is 10.8. The van der Waals surface area contributed by atoms with Crippen LogP contribution in [0.2, 0.25) is 0 Å². The van der Waals surface area contributed by atoms with Gasteiger partial charge in [0.05, 0.1) is 4.92 Å². The number of nitrogens with zero attached hydrogens (tertiary/aromatic N) is 1. The first-order chi connectivity index (χ1) is 7.84. The van der Waals surface area contributed by atoms with Crippen molar-refractivity contribution in [1.82, 2.24) is 0 Å². The Hall–Kier alpha value is -1.42. The van der Waals surface area contributed by atoms with Gasteiger partial charge in [-0.2, -0.15) is 0 Å². The number of hydrogen-bond acceptors (Lipinski definition) is 3. The number of aryl methyl sites for hydroxylation is 1. The third kappa shape index (κ3) is 3.03. The molecular formula is C13H20N2O2. The molecule has 0 aliphatic heterocycles. The van der Waals surface area contributed by atoms with Gasteiger partial charge in [-0.3, -0.25) is 10.1 Å². The number of nitro groups is 1. The van der Waals surface area contributed by atoms with Crippen LogP contribution in [-0.2, 0) is 0 Å². The van der Waals surface area contributed by atoms with Gasteiger partial charge in [0.15, 0.2) is 0 Å². The molecule has 0 fully saturated rings. The van der Waals surface area contributed by atoms with Crippen LogP contribution >= 0.6 is 0 Å². The van der Waals surface area contributed by atoms with E-state index in [1.165, 1.54) is 0 Å². The van der Waals surface area contributed by atoms with Crippen LogP contribution in [0.15, 0.2) is 18.2 Å². The molecule has 1 aromatic rings. The third-order valence-corrected chi connectivity index (χ3v) is 3.03. The van der Waals surface area contributed by atoms with Gasteiger partial charge in [0, 0.05) is 23.6 Å². The molecular weight excluding hydrogens is 216 g/mol. The summed E-state index contributed by atoms with van der Waals surface area (Å²) in [6, 6.07) is 5.26. The van der Waals surface area contributed by atoms with Crippen LogP contribution in [0.1, 0.15) is 37.8 Å². The summed E-state index contributed by atoms with van der Waals surface area (Å²) in [6.45, 7) is 7.83. The highest BCUT2D eigenvalue weighted by molar-refractivity contribution is 5.46. The monoisotopic (exact) mass is 236 g/mol. The van der Waals surface area contributed by atoms with Gasteiger partial charge >= 0.3 is 0 Å². The second-order valence-corrected chi connectivity index (χ2v) is 4.95. The molecule has 0 saturated heterocycles. The summed E-state index contributed by atoms with van der Waals surface area (Å²) in [5.74, 6) is 0.285. The summed E-state index contributed by atoms with van der Waals surface area (Å²) >= 11 is 0. The lowest BCUT2D eigenvalue weighted by atomic mass is 9.82. The Morgan fingerprint density at radius 1 is 1.29 bits per heavy atom. The van der Waals surface area contributed by atoms with E-state index in [1.807, 2.05) is 39.8 Å². The maximum Gasteiger partial charge on any atom is 0.273 e. The van der Waals surface area contributed by atoms with Gasteiger partial charge in [0.25, 0.3) is 5.69 Å². The molecule has 94 valence electrons. The average molecular weight is 236 g/mol. The normalized spacial score (nSPS) is 14.7. The maximum atomic E-state index is 11.1. The van der Waals surface area contributed by atoms with Crippen LogP contribution in [0.3, 0.4) is 0 Å². The second kappa shape index (κ2) is 5.27. The second-order valence-electron chi connectivity index (χ2n) is 4.95. The summed E-state index contributed by atoms with van der Waals surface area (Å²) in [4.78, 5) is 10.8. The minimum Gasteiger partial charge on any atom is -0.327 e. The van der Waals surface area contributed by atoms with Crippen LogP contribution in [0.4, 0.5) is 5.69 Å². The molecule has 17 heavy (non-hydrogen) atoms. The van der Waals surface area contributed by atoms with Gasteiger partial charge in [-0.15, -0.1) is 0 Å². The molecule has 0 aliphatic carbocycles. The van der Waals surface area contributed by atoms with Crippen molar-refractivity contribution in [3.8, 4) is 0 Å². The van der Waals surface area contributed by atoms with Crippen molar-refractivity contribution in [1.29, 1.82) is 0 Å². The first kappa shape index (κ1) is 13.6. The number of nitro benzene ring substituents is 1. The molecule has 1 aromatic carbocycles. The highest BCUT2D eigenvalue weighted by Gasteiger charge is 2.27. The number of nitrogens with two attached hydrogens (primary N) is 1. The molecule has 0 aromatic heterocycles. The molecule has 2 atom stereocenters. The Labute approximate surface area is 102 Å². The molecule has 0 bridgehead atoms. The van der Waals surface area contributed by atoms with Crippen LogP contribution in [0.25, 0.3) is 0 Å². The van der Waals surface area contributed by atoms with E-state index in [-0.39, 0.29) is 28.5 Å². The topological polar surface area (TPSA) is 69.2 Å². The lowest BCUT2D eigenvalue weighted by molar-refractivity contribution is -0.385. The van der Waals surface area contributed by atoms with Gasteiger partial charge < -0.3 is 5.73 Å². The predicted molar refractivity (Wildman–Crippen MR) is 69.1 cm³/mol. The SMILES string of the molecule is Cc1ccc(C(C(C)C)C(C)N)c([N+](=O)[O-])c1. The van der Waals surface area contributed by atoms with Crippen molar-refractivity contribution in [3.05, 3.63) is 39.4 Å². The number of rotatable bonds is 4. The Balaban J connectivity index is 3.32. The fourth-order valence-electron chi connectivity index (χ4n) is 2.34. The van der Waals surface area contributed by atoms with Gasteiger partial charge in [0.1, 0.15) is 0 Å². The Kier molecular flexibility index (Phi) is 4.23. The molecule has 2 unspecified atom stereocenters. The summed E-state index contributed by atoms with van der Waals surface area (Å²) in [6.07, 6.45) is 0. The van der Waals surface area contributed by atoms with E-state index < -0.39 is 0 Å². The van der Waals surface area contributed by atoms with Gasteiger partial charge in [-0.05, 0) is 25.3 Å². The van der Waals surface area contributed by atoms with E-state index in [0.717, 1.165) is 11.1 Å². The number of benzene rings is 1. The molecule has 4 heteroatoms.